The molecule has 0 aromatic heterocycles. The second-order valence-electron chi connectivity index (χ2n) is 4.56. The van der Waals surface area contributed by atoms with Crippen LogP contribution in [0.25, 0.3) is 0 Å². The standard InChI is InChI=1S/C14H24N2/c1-4-5-8-16(3)11-14-7-6-13(10-15)9-12(14)2/h6-7,9H,4-5,8,10-11,15H2,1-3H3. The van der Waals surface area contributed by atoms with Gasteiger partial charge in [0, 0.05) is 13.1 Å². The van der Waals surface area contributed by atoms with Crippen molar-refractivity contribution < 1.29 is 0 Å². The van der Waals surface area contributed by atoms with E-state index in [9.17, 15) is 0 Å². The maximum absolute atomic E-state index is 5.63. The first-order valence-electron chi connectivity index (χ1n) is 6.14. The van der Waals surface area contributed by atoms with Gasteiger partial charge in [-0.3, -0.25) is 0 Å². The zero-order valence-corrected chi connectivity index (χ0v) is 10.8. The summed E-state index contributed by atoms with van der Waals surface area (Å²) in [7, 11) is 2.19. The third-order valence-electron chi connectivity index (χ3n) is 2.98. The fraction of sp³-hybridized carbons (Fsp3) is 0.571. The van der Waals surface area contributed by atoms with Gasteiger partial charge in [0.05, 0.1) is 0 Å². The summed E-state index contributed by atoms with van der Waals surface area (Å²) >= 11 is 0. The van der Waals surface area contributed by atoms with Gasteiger partial charge in [-0.2, -0.15) is 0 Å². The summed E-state index contributed by atoms with van der Waals surface area (Å²) in [5.41, 5.74) is 9.61. The minimum Gasteiger partial charge on any atom is -0.326 e. The quantitative estimate of drug-likeness (QED) is 0.798. The molecular weight excluding hydrogens is 196 g/mol. The van der Waals surface area contributed by atoms with Gasteiger partial charge in [-0.25, -0.2) is 0 Å². The molecule has 0 fully saturated rings. The molecule has 2 N–H and O–H groups in total. The van der Waals surface area contributed by atoms with E-state index in [1.165, 1.54) is 36.1 Å². The van der Waals surface area contributed by atoms with Gasteiger partial charge in [0.2, 0.25) is 0 Å². The van der Waals surface area contributed by atoms with Crippen molar-refractivity contribution in [1.29, 1.82) is 0 Å². The van der Waals surface area contributed by atoms with Crippen molar-refractivity contribution in [3.05, 3.63) is 34.9 Å². The lowest BCUT2D eigenvalue weighted by atomic mass is 10.0. The summed E-state index contributed by atoms with van der Waals surface area (Å²) in [6.45, 7) is 7.25. The van der Waals surface area contributed by atoms with Crippen LogP contribution in [0.3, 0.4) is 0 Å². The van der Waals surface area contributed by atoms with Gasteiger partial charge >= 0.3 is 0 Å². The van der Waals surface area contributed by atoms with Crippen LogP contribution in [0.1, 0.15) is 36.5 Å². The molecule has 0 aliphatic heterocycles. The normalized spacial score (nSPS) is 11.1. The van der Waals surface area contributed by atoms with E-state index in [-0.39, 0.29) is 0 Å². The second-order valence-corrected chi connectivity index (χ2v) is 4.56. The SMILES string of the molecule is CCCCN(C)Cc1ccc(CN)cc1C. The maximum Gasteiger partial charge on any atom is 0.0233 e. The molecule has 0 saturated carbocycles. The van der Waals surface area contributed by atoms with Crippen molar-refractivity contribution in [3.8, 4) is 0 Å². The average molecular weight is 220 g/mol. The fourth-order valence-electron chi connectivity index (χ4n) is 1.86. The molecule has 1 rings (SSSR count). The summed E-state index contributed by atoms with van der Waals surface area (Å²) in [4.78, 5) is 2.38. The van der Waals surface area contributed by atoms with Gasteiger partial charge in [0.15, 0.2) is 0 Å². The van der Waals surface area contributed by atoms with Crippen LogP contribution in [0.4, 0.5) is 0 Å². The molecule has 0 amide bonds. The molecule has 0 unspecified atom stereocenters. The Labute approximate surface area is 99.5 Å². The predicted octanol–water partition coefficient (Wildman–Crippen LogP) is 2.69. The molecule has 0 radical (unpaired) electrons. The first-order valence-corrected chi connectivity index (χ1v) is 6.14. The first kappa shape index (κ1) is 13.2. The molecule has 16 heavy (non-hydrogen) atoms. The third-order valence-corrected chi connectivity index (χ3v) is 2.98. The Bertz CT molecular complexity index is 321. The van der Waals surface area contributed by atoms with E-state index in [0.717, 1.165) is 6.54 Å². The Kier molecular flexibility index (Phi) is 5.50. The van der Waals surface area contributed by atoms with E-state index in [4.69, 9.17) is 5.73 Å². The molecule has 0 spiro atoms. The van der Waals surface area contributed by atoms with E-state index in [1.807, 2.05) is 0 Å². The molecular formula is C14H24N2. The number of aryl methyl sites for hydroxylation is 1. The lowest BCUT2D eigenvalue weighted by molar-refractivity contribution is 0.320. The van der Waals surface area contributed by atoms with E-state index in [0.29, 0.717) is 6.54 Å². The van der Waals surface area contributed by atoms with Gasteiger partial charge in [0.25, 0.3) is 0 Å². The van der Waals surface area contributed by atoms with E-state index in [2.05, 4.69) is 44.0 Å². The first-order chi connectivity index (χ1) is 7.67. The molecule has 0 bridgehead atoms. The number of nitrogens with zero attached hydrogens (tertiary/aromatic N) is 1. The lowest BCUT2D eigenvalue weighted by Gasteiger charge is -2.18. The van der Waals surface area contributed by atoms with Gasteiger partial charge in [-0.15, -0.1) is 0 Å². The highest BCUT2D eigenvalue weighted by molar-refractivity contribution is 5.30. The molecule has 0 aliphatic rings. The molecule has 1 aromatic carbocycles. The van der Waals surface area contributed by atoms with Crippen LogP contribution in [-0.2, 0) is 13.1 Å². The Morgan fingerprint density at radius 2 is 2.06 bits per heavy atom. The summed E-state index contributed by atoms with van der Waals surface area (Å²) in [5.74, 6) is 0. The van der Waals surface area contributed by atoms with E-state index >= 15 is 0 Å². The number of rotatable bonds is 6. The van der Waals surface area contributed by atoms with Crippen LogP contribution in [0.2, 0.25) is 0 Å². The van der Waals surface area contributed by atoms with Gasteiger partial charge in [0.1, 0.15) is 0 Å². The monoisotopic (exact) mass is 220 g/mol. The fourth-order valence-corrected chi connectivity index (χ4v) is 1.86. The summed E-state index contributed by atoms with van der Waals surface area (Å²) in [5, 5.41) is 0. The average Bonchev–Trinajstić information content (AvgIpc) is 2.29. The van der Waals surface area contributed by atoms with E-state index < -0.39 is 0 Å². The highest BCUT2D eigenvalue weighted by Gasteiger charge is 2.03. The van der Waals surface area contributed by atoms with Crippen LogP contribution in [0.5, 0.6) is 0 Å². The molecule has 0 aliphatic carbocycles. The van der Waals surface area contributed by atoms with Crippen LogP contribution >= 0.6 is 0 Å². The molecule has 0 atom stereocenters. The van der Waals surface area contributed by atoms with Crippen molar-refractivity contribution in [2.24, 2.45) is 5.73 Å². The third kappa shape index (κ3) is 3.95. The zero-order valence-electron chi connectivity index (χ0n) is 10.8. The number of hydrogen-bond donors (Lipinski definition) is 1. The van der Waals surface area contributed by atoms with Gasteiger partial charge in [-0.1, -0.05) is 31.5 Å². The summed E-state index contributed by atoms with van der Waals surface area (Å²) in [6.07, 6.45) is 2.53. The molecule has 0 heterocycles. The van der Waals surface area contributed by atoms with Crippen molar-refractivity contribution in [2.75, 3.05) is 13.6 Å². The number of nitrogens with two attached hydrogens (primary N) is 1. The predicted molar refractivity (Wildman–Crippen MR) is 70.3 cm³/mol. The smallest absolute Gasteiger partial charge is 0.0233 e. The number of benzene rings is 1. The Morgan fingerprint density at radius 3 is 2.62 bits per heavy atom. The van der Waals surface area contributed by atoms with Crippen molar-refractivity contribution >= 4 is 0 Å². The van der Waals surface area contributed by atoms with Crippen LogP contribution in [0.15, 0.2) is 18.2 Å². The highest BCUT2D eigenvalue weighted by Crippen LogP contribution is 2.13. The largest absolute Gasteiger partial charge is 0.326 e. The number of unbranched alkanes of at least 4 members (excludes halogenated alkanes) is 1. The van der Waals surface area contributed by atoms with Crippen LogP contribution in [0, 0.1) is 6.92 Å². The number of hydrogen-bond acceptors (Lipinski definition) is 2. The van der Waals surface area contributed by atoms with Gasteiger partial charge < -0.3 is 10.6 Å². The minimum absolute atomic E-state index is 0.632. The molecule has 90 valence electrons. The second kappa shape index (κ2) is 6.66. The van der Waals surface area contributed by atoms with E-state index in [1.54, 1.807) is 0 Å². The van der Waals surface area contributed by atoms with Crippen LogP contribution in [-0.4, -0.2) is 18.5 Å². The topological polar surface area (TPSA) is 29.3 Å². The summed E-state index contributed by atoms with van der Waals surface area (Å²) < 4.78 is 0. The van der Waals surface area contributed by atoms with Crippen LogP contribution < -0.4 is 5.73 Å². The molecule has 2 nitrogen and oxygen atoms in total. The summed E-state index contributed by atoms with van der Waals surface area (Å²) in [6, 6.07) is 6.54. The Balaban J connectivity index is 2.59. The maximum atomic E-state index is 5.63. The molecule has 1 aromatic rings. The Morgan fingerprint density at radius 1 is 1.31 bits per heavy atom. The minimum atomic E-state index is 0.632. The van der Waals surface area contributed by atoms with Crippen molar-refractivity contribution in [2.45, 2.75) is 39.8 Å². The lowest BCUT2D eigenvalue weighted by Crippen LogP contribution is -2.19. The Hall–Kier alpha value is -0.860. The van der Waals surface area contributed by atoms with Gasteiger partial charge in [-0.05, 0) is 43.6 Å². The van der Waals surface area contributed by atoms with Crippen molar-refractivity contribution in [1.82, 2.24) is 4.90 Å². The van der Waals surface area contributed by atoms with Crippen molar-refractivity contribution in [3.63, 3.8) is 0 Å². The zero-order chi connectivity index (χ0) is 12.0. The molecule has 0 saturated heterocycles. The highest BCUT2D eigenvalue weighted by atomic mass is 15.1. The molecule has 2 heteroatoms.